The molecule has 0 fully saturated rings. The predicted octanol–water partition coefficient (Wildman–Crippen LogP) is 5.53. The summed E-state index contributed by atoms with van der Waals surface area (Å²) < 4.78 is 47.7. The van der Waals surface area contributed by atoms with Gasteiger partial charge in [-0.15, -0.1) is 13.2 Å². The van der Waals surface area contributed by atoms with E-state index < -0.39 is 6.36 Å². The van der Waals surface area contributed by atoms with Gasteiger partial charge in [-0.1, -0.05) is 36.4 Å². The molecule has 0 saturated carbocycles. The number of halogens is 3. The van der Waals surface area contributed by atoms with Gasteiger partial charge in [-0.2, -0.15) is 0 Å². The number of amides is 1. The number of nitrogens with zero attached hydrogens (tertiary/aromatic N) is 1. The maximum Gasteiger partial charge on any atom is 0.573 e. The molecule has 0 unspecified atom stereocenters. The van der Waals surface area contributed by atoms with Crippen molar-refractivity contribution in [2.75, 3.05) is 12.4 Å². The van der Waals surface area contributed by atoms with Gasteiger partial charge in [-0.25, -0.2) is 0 Å². The minimum Gasteiger partial charge on any atom is -0.496 e. The zero-order valence-electron chi connectivity index (χ0n) is 19.3. The van der Waals surface area contributed by atoms with Crippen molar-refractivity contribution in [2.24, 2.45) is 0 Å². The molecule has 186 valence electrons. The number of anilines is 1. The molecule has 1 N–H and O–H groups in total. The molecule has 0 aliphatic carbocycles. The Hall–Kier alpha value is -4.27. The van der Waals surface area contributed by atoms with Crippen LogP contribution in [0.4, 0.5) is 18.9 Å². The molecule has 1 aromatic heterocycles. The van der Waals surface area contributed by atoms with E-state index >= 15 is 0 Å². The van der Waals surface area contributed by atoms with Crippen LogP contribution in [0.15, 0.2) is 83.8 Å². The molecule has 0 atom stereocenters. The second-order valence-electron chi connectivity index (χ2n) is 8.07. The Morgan fingerprint density at radius 1 is 0.944 bits per heavy atom. The fourth-order valence-electron chi connectivity index (χ4n) is 3.92. The van der Waals surface area contributed by atoms with Crippen molar-refractivity contribution in [2.45, 2.75) is 25.7 Å². The zero-order chi connectivity index (χ0) is 25.7. The Balaban J connectivity index is 1.48. The summed E-state index contributed by atoms with van der Waals surface area (Å²) >= 11 is 0. The lowest BCUT2D eigenvalue weighted by atomic mass is 10.1. The summed E-state index contributed by atoms with van der Waals surface area (Å²) in [5.74, 6) is 0.195. The van der Waals surface area contributed by atoms with E-state index in [2.05, 4.69) is 10.1 Å². The summed E-state index contributed by atoms with van der Waals surface area (Å²) in [4.78, 5) is 25.7. The van der Waals surface area contributed by atoms with Gasteiger partial charge in [0.15, 0.2) is 0 Å². The first kappa shape index (κ1) is 24.8. The third-order valence-corrected chi connectivity index (χ3v) is 5.62. The molecular weight excluding hydrogens is 473 g/mol. The van der Waals surface area contributed by atoms with Crippen LogP contribution in [-0.4, -0.2) is 23.9 Å². The third kappa shape index (κ3) is 6.04. The molecule has 0 aliphatic rings. The molecule has 1 heterocycles. The number of rotatable bonds is 8. The van der Waals surface area contributed by atoms with Crippen molar-refractivity contribution in [1.29, 1.82) is 0 Å². The fourth-order valence-corrected chi connectivity index (χ4v) is 3.92. The summed E-state index contributed by atoms with van der Waals surface area (Å²) in [6, 6.07) is 19.6. The zero-order valence-corrected chi connectivity index (χ0v) is 19.3. The third-order valence-electron chi connectivity index (χ3n) is 5.62. The number of nitrogens with one attached hydrogen (secondary N) is 1. The maximum absolute atomic E-state index is 13.1. The number of carbonyl (C=O) groups excluding carboxylic acids is 1. The van der Waals surface area contributed by atoms with Crippen LogP contribution >= 0.6 is 0 Å². The Kier molecular flexibility index (Phi) is 7.28. The Labute approximate surface area is 204 Å². The number of ether oxygens (including phenoxy) is 2. The normalized spacial score (nSPS) is 11.3. The van der Waals surface area contributed by atoms with E-state index in [1.54, 1.807) is 37.6 Å². The van der Waals surface area contributed by atoms with E-state index in [4.69, 9.17) is 4.74 Å². The molecule has 0 saturated heterocycles. The lowest BCUT2D eigenvalue weighted by Crippen LogP contribution is -2.21. The number of methoxy groups -OCH3 is 1. The highest BCUT2D eigenvalue weighted by molar-refractivity contribution is 6.01. The number of alkyl halides is 3. The van der Waals surface area contributed by atoms with Gasteiger partial charge in [0.25, 0.3) is 5.56 Å². The molecule has 1 amide bonds. The number of aryl methyl sites for hydroxylation is 1. The van der Waals surface area contributed by atoms with Gasteiger partial charge in [-0.05, 0) is 53.9 Å². The van der Waals surface area contributed by atoms with Crippen LogP contribution in [0, 0.1) is 0 Å². The number of carbonyl (C=O) groups is 1. The monoisotopic (exact) mass is 496 g/mol. The van der Waals surface area contributed by atoms with Gasteiger partial charge in [0.2, 0.25) is 5.91 Å². The fraction of sp³-hybridized carbons (Fsp3) is 0.185. The van der Waals surface area contributed by atoms with E-state index in [-0.39, 0.29) is 30.2 Å². The summed E-state index contributed by atoms with van der Waals surface area (Å²) in [5, 5.41) is 3.89. The number of hydrogen-bond donors (Lipinski definition) is 1. The van der Waals surface area contributed by atoms with Gasteiger partial charge in [0, 0.05) is 29.1 Å². The van der Waals surface area contributed by atoms with E-state index in [1.165, 1.54) is 28.8 Å². The summed E-state index contributed by atoms with van der Waals surface area (Å²) in [7, 11) is 1.58. The van der Waals surface area contributed by atoms with Crippen molar-refractivity contribution in [3.63, 3.8) is 0 Å². The maximum atomic E-state index is 13.1. The Morgan fingerprint density at radius 2 is 1.69 bits per heavy atom. The smallest absolute Gasteiger partial charge is 0.496 e. The SMILES string of the molecule is COc1ccccc1CCC(=O)Nc1cccc2c(=O)n(Cc3ccc(OC(F)(F)F)cc3)ccc12. The van der Waals surface area contributed by atoms with Crippen LogP contribution < -0.4 is 20.3 Å². The van der Waals surface area contributed by atoms with Crippen LogP contribution in [-0.2, 0) is 17.8 Å². The minimum absolute atomic E-state index is 0.163. The van der Waals surface area contributed by atoms with Crippen molar-refractivity contribution >= 4 is 22.4 Å². The van der Waals surface area contributed by atoms with Crippen LogP contribution in [0.5, 0.6) is 11.5 Å². The first-order valence-electron chi connectivity index (χ1n) is 11.1. The molecule has 4 aromatic rings. The van der Waals surface area contributed by atoms with Gasteiger partial charge in [0.05, 0.1) is 13.7 Å². The second-order valence-corrected chi connectivity index (χ2v) is 8.07. The number of fused-ring (bicyclic) bond motifs is 1. The number of hydrogen-bond acceptors (Lipinski definition) is 4. The molecule has 4 rings (SSSR count). The highest BCUT2D eigenvalue weighted by Gasteiger charge is 2.30. The van der Waals surface area contributed by atoms with Gasteiger partial charge in [-0.3, -0.25) is 9.59 Å². The highest BCUT2D eigenvalue weighted by Crippen LogP contribution is 2.24. The molecule has 9 heteroatoms. The van der Waals surface area contributed by atoms with E-state index in [9.17, 15) is 22.8 Å². The van der Waals surface area contributed by atoms with Crippen molar-refractivity contribution in [3.8, 4) is 11.5 Å². The van der Waals surface area contributed by atoms with E-state index in [0.29, 0.717) is 28.4 Å². The summed E-state index contributed by atoms with van der Waals surface area (Å²) in [6.07, 6.45) is -2.43. The minimum atomic E-state index is -4.77. The Bertz CT molecular complexity index is 1430. The van der Waals surface area contributed by atoms with E-state index in [0.717, 1.165) is 11.3 Å². The molecular formula is C27H23F3N2O4. The van der Waals surface area contributed by atoms with Crippen LogP contribution in [0.3, 0.4) is 0 Å². The van der Waals surface area contributed by atoms with E-state index in [1.807, 2.05) is 24.3 Å². The average Bonchev–Trinajstić information content (AvgIpc) is 2.85. The summed E-state index contributed by atoms with van der Waals surface area (Å²) in [6.45, 7) is 0.163. The van der Waals surface area contributed by atoms with Gasteiger partial charge >= 0.3 is 6.36 Å². The number of pyridine rings is 1. The lowest BCUT2D eigenvalue weighted by molar-refractivity contribution is -0.274. The number of para-hydroxylation sites is 1. The van der Waals surface area contributed by atoms with Crippen molar-refractivity contribution < 1.29 is 27.4 Å². The highest BCUT2D eigenvalue weighted by atomic mass is 19.4. The summed E-state index contributed by atoms with van der Waals surface area (Å²) in [5.41, 5.74) is 1.80. The first-order chi connectivity index (χ1) is 17.2. The van der Waals surface area contributed by atoms with Crippen LogP contribution in [0.2, 0.25) is 0 Å². The molecule has 0 aliphatic heterocycles. The predicted molar refractivity (Wildman–Crippen MR) is 130 cm³/mol. The van der Waals surface area contributed by atoms with Gasteiger partial charge in [0.1, 0.15) is 11.5 Å². The molecule has 3 aromatic carbocycles. The van der Waals surface area contributed by atoms with Crippen LogP contribution in [0.1, 0.15) is 17.5 Å². The second kappa shape index (κ2) is 10.6. The van der Waals surface area contributed by atoms with Crippen molar-refractivity contribution in [3.05, 3.63) is 100 Å². The Morgan fingerprint density at radius 3 is 2.42 bits per heavy atom. The number of aromatic nitrogens is 1. The molecule has 0 spiro atoms. The largest absolute Gasteiger partial charge is 0.573 e. The molecule has 36 heavy (non-hydrogen) atoms. The first-order valence-corrected chi connectivity index (χ1v) is 11.1. The van der Waals surface area contributed by atoms with Crippen molar-refractivity contribution in [1.82, 2.24) is 4.57 Å². The molecule has 6 nitrogen and oxygen atoms in total. The topological polar surface area (TPSA) is 69.6 Å². The lowest BCUT2D eigenvalue weighted by Gasteiger charge is -2.13. The molecule has 0 radical (unpaired) electrons. The molecule has 0 bridgehead atoms. The average molecular weight is 496 g/mol. The quantitative estimate of drug-likeness (QED) is 0.348. The van der Waals surface area contributed by atoms with Crippen LogP contribution in [0.25, 0.3) is 10.8 Å². The van der Waals surface area contributed by atoms with Gasteiger partial charge < -0.3 is 19.4 Å². The number of benzene rings is 3. The standard InChI is InChI=1S/C27H23F3N2O4/c1-35-24-8-3-2-5-19(24)11-14-25(33)31-23-7-4-6-22-21(23)15-16-32(26(22)34)17-18-9-12-20(13-10-18)36-27(28,29)30/h2-10,12-13,15-16H,11,14,17H2,1H3,(H,31,33).